The van der Waals surface area contributed by atoms with Crippen LogP contribution in [0.5, 0.6) is 0 Å². The van der Waals surface area contributed by atoms with Crippen LogP contribution in [0, 0.1) is 18.3 Å². The van der Waals surface area contributed by atoms with Crippen molar-refractivity contribution in [3.63, 3.8) is 0 Å². The quantitative estimate of drug-likeness (QED) is 0.503. The number of rotatable bonds is 7. The van der Waals surface area contributed by atoms with E-state index in [0.29, 0.717) is 13.1 Å². The maximum absolute atomic E-state index is 11.3. The van der Waals surface area contributed by atoms with Crippen molar-refractivity contribution in [2.24, 2.45) is 5.92 Å². The van der Waals surface area contributed by atoms with Crippen LogP contribution in [0.1, 0.15) is 38.5 Å². The van der Waals surface area contributed by atoms with Gasteiger partial charge in [0.1, 0.15) is 0 Å². The minimum Gasteiger partial charge on any atom is -0.355 e. The number of carbonyl (C=O) groups excluding carboxylic acids is 1. The van der Waals surface area contributed by atoms with E-state index in [2.05, 4.69) is 16.6 Å². The molecule has 3 heteroatoms. The summed E-state index contributed by atoms with van der Waals surface area (Å²) < 4.78 is 0. The Morgan fingerprint density at radius 1 is 1.38 bits per heavy atom. The van der Waals surface area contributed by atoms with Gasteiger partial charge >= 0.3 is 0 Å². The van der Waals surface area contributed by atoms with Gasteiger partial charge < -0.3 is 5.32 Å². The third-order valence-corrected chi connectivity index (χ3v) is 3.10. The van der Waals surface area contributed by atoms with Crippen LogP contribution < -0.4 is 10.6 Å². The van der Waals surface area contributed by atoms with Crippen LogP contribution in [0.25, 0.3) is 0 Å². The van der Waals surface area contributed by atoms with Gasteiger partial charge in [-0.15, -0.1) is 6.42 Å². The first-order chi connectivity index (χ1) is 7.83. The number of nitrogens with one attached hydrogen (secondary N) is 2. The van der Waals surface area contributed by atoms with Gasteiger partial charge in [-0.2, -0.15) is 0 Å². The number of hydrogen-bond donors (Lipinski definition) is 2. The Hall–Kier alpha value is -1.01. The Balaban J connectivity index is 1.90. The van der Waals surface area contributed by atoms with E-state index in [1.165, 1.54) is 32.1 Å². The topological polar surface area (TPSA) is 41.1 Å². The molecule has 1 aliphatic rings. The van der Waals surface area contributed by atoms with Crippen molar-refractivity contribution in [1.82, 2.24) is 10.6 Å². The van der Waals surface area contributed by atoms with Gasteiger partial charge in [0.15, 0.2) is 0 Å². The van der Waals surface area contributed by atoms with Crippen LogP contribution in [-0.2, 0) is 4.79 Å². The van der Waals surface area contributed by atoms with Crippen molar-refractivity contribution >= 4 is 5.91 Å². The summed E-state index contributed by atoms with van der Waals surface area (Å²) >= 11 is 0. The second-order valence-corrected chi connectivity index (χ2v) is 4.45. The van der Waals surface area contributed by atoms with Crippen LogP contribution in [0.4, 0.5) is 0 Å². The van der Waals surface area contributed by atoms with Crippen molar-refractivity contribution < 1.29 is 4.79 Å². The van der Waals surface area contributed by atoms with Crippen molar-refractivity contribution in [3.8, 4) is 12.3 Å². The highest BCUT2D eigenvalue weighted by Crippen LogP contribution is 2.28. The summed E-state index contributed by atoms with van der Waals surface area (Å²) in [5, 5.41) is 5.76. The highest BCUT2D eigenvalue weighted by atomic mass is 16.1. The van der Waals surface area contributed by atoms with Crippen molar-refractivity contribution in [2.45, 2.75) is 38.5 Å². The molecular formula is C13H22N2O. The third kappa shape index (κ3) is 5.77. The highest BCUT2D eigenvalue weighted by molar-refractivity contribution is 5.77. The maximum Gasteiger partial charge on any atom is 0.233 e. The third-order valence-electron chi connectivity index (χ3n) is 3.10. The molecule has 3 nitrogen and oxygen atoms in total. The van der Waals surface area contributed by atoms with E-state index in [1.807, 2.05) is 0 Å². The molecular weight excluding hydrogens is 200 g/mol. The minimum absolute atomic E-state index is 0.0432. The summed E-state index contributed by atoms with van der Waals surface area (Å²) in [6.07, 6.45) is 13.0. The molecule has 1 amide bonds. The van der Waals surface area contributed by atoms with Gasteiger partial charge in [-0.3, -0.25) is 10.1 Å². The molecule has 0 atom stereocenters. The molecule has 0 aromatic heterocycles. The summed E-state index contributed by atoms with van der Waals surface area (Å²) in [5.74, 6) is 3.39. The number of carbonyl (C=O) groups is 1. The standard InChI is InChI=1S/C13H22N2O/c1-2-9-14-11-13(16)15-10-5-8-12-6-3-4-7-12/h1,12,14H,3-11H2,(H,15,16). The summed E-state index contributed by atoms with van der Waals surface area (Å²) in [7, 11) is 0. The van der Waals surface area contributed by atoms with E-state index in [1.54, 1.807) is 0 Å². The van der Waals surface area contributed by atoms with Crippen LogP contribution >= 0.6 is 0 Å². The molecule has 0 aromatic rings. The molecule has 0 spiro atoms. The lowest BCUT2D eigenvalue weighted by Gasteiger charge is -2.09. The molecule has 0 bridgehead atoms. The predicted octanol–water partition coefficient (Wildman–Crippen LogP) is 1.30. The average Bonchev–Trinajstić information content (AvgIpc) is 2.78. The fourth-order valence-electron chi connectivity index (χ4n) is 2.23. The van der Waals surface area contributed by atoms with Crippen molar-refractivity contribution in [2.75, 3.05) is 19.6 Å². The fraction of sp³-hybridized carbons (Fsp3) is 0.769. The van der Waals surface area contributed by atoms with Gasteiger partial charge in [0, 0.05) is 6.54 Å². The second kappa shape index (κ2) is 8.18. The summed E-state index contributed by atoms with van der Waals surface area (Å²) in [6.45, 7) is 1.58. The van der Waals surface area contributed by atoms with Gasteiger partial charge in [0.2, 0.25) is 5.91 Å². The first-order valence-electron chi connectivity index (χ1n) is 6.24. The molecule has 1 aliphatic carbocycles. The van der Waals surface area contributed by atoms with E-state index in [0.717, 1.165) is 18.9 Å². The normalized spacial score (nSPS) is 15.9. The first-order valence-corrected chi connectivity index (χ1v) is 6.24. The lowest BCUT2D eigenvalue weighted by atomic mass is 10.0. The summed E-state index contributed by atoms with van der Waals surface area (Å²) in [6, 6.07) is 0. The molecule has 90 valence electrons. The Morgan fingerprint density at radius 3 is 2.81 bits per heavy atom. The Morgan fingerprint density at radius 2 is 2.12 bits per heavy atom. The monoisotopic (exact) mass is 222 g/mol. The molecule has 0 heterocycles. The molecule has 0 aliphatic heterocycles. The Kier molecular flexibility index (Phi) is 6.67. The zero-order valence-corrected chi connectivity index (χ0v) is 9.93. The van der Waals surface area contributed by atoms with E-state index < -0.39 is 0 Å². The van der Waals surface area contributed by atoms with Crippen LogP contribution in [-0.4, -0.2) is 25.5 Å². The van der Waals surface area contributed by atoms with Crippen molar-refractivity contribution in [1.29, 1.82) is 0 Å². The fourth-order valence-corrected chi connectivity index (χ4v) is 2.23. The van der Waals surface area contributed by atoms with Crippen LogP contribution in [0.3, 0.4) is 0 Å². The van der Waals surface area contributed by atoms with Gasteiger partial charge in [0.25, 0.3) is 0 Å². The molecule has 0 unspecified atom stereocenters. The van der Waals surface area contributed by atoms with E-state index in [4.69, 9.17) is 6.42 Å². The Bertz CT molecular complexity index is 239. The zero-order valence-electron chi connectivity index (χ0n) is 9.93. The highest BCUT2D eigenvalue weighted by Gasteiger charge is 2.13. The summed E-state index contributed by atoms with van der Waals surface area (Å²) in [4.78, 5) is 11.3. The maximum atomic E-state index is 11.3. The predicted molar refractivity (Wildman–Crippen MR) is 65.9 cm³/mol. The lowest BCUT2D eigenvalue weighted by Crippen LogP contribution is -2.34. The molecule has 16 heavy (non-hydrogen) atoms. The lowest BCUT2D eigenvalue weighted by molar-refractivity contribution is -0.120. The molecule has 0 aromatic carbocycles. The van der Waals surface area contributed by atoms with Gasteiger partial charge in [-0.1, -0.05) is 31.6 Å². The largest absolute Gasteiger partial charge is 0.355 e. The molecule has 1 rings (SSSR count). The molecule has 0 radical (unpaired) electrons. The van der Waals surface area contributed by atoms with Crippen LogP contribution in [0.2, 0.25) is 0 Å². The van der Waals surface area contributed by atoms with Gasteiger partial charge in [0.05, 0.1) is 13.1 Å². The zero-order chi connectivity index (χ0) is 11.6. The van der Waals surface area contributed by atoms with Gasteiger partial charge in [-0.05, 0) is 18.8 Å². The molecule has 2 N–H and O–H groups in total. The van der Waals surface area contributed by atoms with Crippen molar-refractivity contribution in [3.05, 3.63) is 0 Å². The SMILES string of the molecule is C#CCNCC(=O)NCCCC1CCCC1. The smallest absolute Gasteiger partial charge is 0.233 e. The summed E-state index contributed by atoms with van der Waals surface area (Å²) in [5.41, 5.74) is 0. The Labute approximate surface area is 98.4 Å². The molecule has 1 saturated carbocycles. The number of terminal acetylenes is 1. The second-order valence-electron chi connectivity index (χ2n) is 4.45. The first kappa shape index (κ1) is 13.1. The molecule has 1 fully saturated rings. The van der Waals surface area contributed by atoms with E-state index >= 15 is 0 Å². The van der Waals surface area contributed by atoms with E-state index in [-0.39, 0.29) is 5.91 Å². The number of amides is 1. The number of hydrogen-bond acceptors (Lipinski definition) is 2. The van der Waals surface area contributed by atoms with Crippen LogP contribution in [0.15, 0.2) is 0 Å². The molecule has 0 saturated heterocycles. The average molecular weight is 222 g/mol. The van der Waals surface area contributed by atoms with E-state index in [9.17, 15) is 4.79 Å². The minimum atomic E-state index is 0.0432. The van der Waals surface area contributed by atoms with Gasteiger partial charge in [-0.25, -0.2) is 0 Å².